The van der Waals surface area contributed by atoms with Gasteiger partial charge in [-0.05, 0) is 17.7 Å². The molecule has 0 aliphatic carbocycles. The summed E-state index contributed by atoms with van der Waals surface area (Å²) in [5.74, 6) is 1.67. The molecule has 0 amide bonds. The molecule has 74 valence electrons. The summed E-state index contributed by atoms with van der Waals surface area (Å²) in [5, 5.41) is 7.63. The maximum atomic E-state index is 7.32. The van der Waals surface area contributed by atoms with Gasteiger partial charge in [0.15, 0.2) is 0 Å². The summed E-state index contributed by atoms with van der Waals surface area (Å²) in [6.45, 7) is 0. The number of thioether (sulfide) groups is 1. The zero-order chi connectivity index (χ0) is 9.97. The lowest BCUT2D eigenvalue weighted by Crippen LogP contribution is -1.99. The van der Waals surface area contributed by atoms with Gasteiger partial charge in [-0.15, -0.1) is 0 Å². The predicted molar refractivity (Wildman–Crippen MR) is 57.0 cm³/mol. The van der Waals surface area contributed by atoms with Gasteiger partial charge >= 0.3 is 0 Å². The third-order valence-corrected chi connectivity index (χ3v) is 2.93. The minimum Gasteiger partial charge on any atom is -0.497 e. The largest absolute Gasteiger partial charge is 0.497 e. The molecule has 1 aromatic rings. The molecule has 2 rings (SSSR count). The summed E-state index contributed by atoms with van der Waals surface area (Å²) in [7, 11) is 1.65. The van der Waals surface area contributed by atoms with E-state index in [9.17, 15) is 0 Å². The Morgan fingerprint density at radius 2 is 2.14 bits per heavy atom. The first-order chi connectivity index (χ1) is 6.79. The molecule has 14 heavy (non-hydrogen) atoms. The van der Waals surface area contributed by atoms with Gasteiger partial charge in [0, 0.05) is 5.75 Å². The molecule has 1 atom stereocenters. The van der Waals surface area contributed by atoms with Crippen molar-refractivity contribution in [3.05, 3.63) is 29.8 Å². The monoisotopic (exact) mass is 209 g/mol. The van der Waals surface area contributed by atoms with Crippen LogP contribution in [0.2, 0.25) is 0 Å². The summed E-state index contributed by atoms with van der Waals surface area (Å²) < 4.78 is 10.4. The normalized spacial score (nSPS) is 20.6. The highest BCUT2D eigenvalue weighted by Crippen LogP contribution is 2.31. The molecule has 1 aliphatic heterocycles. The maximum Gasteiger partial charge on any atom is 0.243 e. The fraction of sp³-hybridized carbons (Fsp3) is 0.300. The van der Waals surface area contributed by atoms with E-state index in [1.165, 1.54) is 11.8 Å². The lowest BCUT2D eigenvalue weighted by atomic mass is 10.1. The van der Waals surface area contributed by atoms with Crippen LogP contribution in [0.3, 0.4) is 0 Å². The van der Waals surface area contributed by atoms with E-state index in [1.807, 2.05) is 24.3 Å². The third kappa shape index (κ3) is 1.85. The van der Waals surface area contributed by atoms with Crippen molar-refractivity contribution in [2.75, 3.05) is 12.9 Å². The van der Waals surface area contributed by atoms with Crippen LogP contribution in [0.25, 0.3) is 0 Å². The van der Waals surface area contributed by atoms with Crippen molar-refractivity contribution in [1.82, 2.24) is 0 Å². The summed E-state index contributed by atoms with van der Waals surface area (Å²) in [5.41, 5.74) is 1.10. The summed E-state index contributed by atoms with van der Waals surface area (Å²) in [6, 6.07) is 7.77. The molecule has 1 heterocycles. The quantitative estimate of drug-likeness (QED) is 0.813. The van der Waals surface area contributed by atoms with E-state index < -0.39 is 0 Å². The Bertz CT molecular complexity index is 336. The maximum absolute atomic E-state index is 7.32. The highest BCUT2D eigenvalue weighted by Gasteiger charge is 2.22. The predicted octanol–water partition coefficient (Wildman–Crippen LogP) is 2.43. The lowest BCUT2D eigenvalue weighted by Gasteiger charge is -2.09. The number of rotatable bonds is 2. The molecule has 1 aliphatic rings. The molecule has 3 nitrogen and oxygen atoms in total. The van der Waals surface area contributed by atoms with Crippen molar-refractivity contribution in [1.29, 1.82) is 5.41 Å². The molecular formula is C10H11NO2S. The number of benzene rings is 1. The first-order valence-corrected chi connectivity index (χ1v) is 5.30. The molecule has 0 spiro atoms. The van der Waals surface area contributed by atoms with E-state index in [-0.39, 0.29) is 6.10 Å². The number of methoxy groups -OCH3 is 1. The average Bonchev–Trinajstić information content (AvgIpc) is 2.65. The first-order valence-electron chi connectivity index (χ1n) is 4.31. The van der Waals surface area contributed by atoms with Gasteiger partial charge in [0.1, 0.15) is 11.9 Å². The van der Waals surface area contributed by atoms with Crippen LogP contribution in [0.4, 0.5) is 0 Å². The van der Waals surface area contributed by atoms with Crippen LogP contribution in [0.15, 0.2) is 24.3 Å². The van der Waals surface area contributed by atoms with Crippen molar-refractivity contribution in [2.24, 2.45) is 0 Å². The van der Waals surface area contributed by atoms with E-state index in [1.54, 1.807) is 7.11 Å². The summed E-state index contributed by atoms with van der Waals surface area (Å²) in [6.07, 6.45) is 0.0263. The molecule has 0 bridgehead atoms. The zero-order valence-corrected chi connectivity index (χ0v) is 8.64. The molecule has 1 fully saturated rings. The Balaban J connectivity index is 2.13. The molecule has 4 heteroatoms. The van der Waals surface area contributed by atoms with Crippen LogP contribution in [-0.2, 0) is 4.74 Å². The van der Waals surface area contributed by atoms with E-state index in [4.69, 9.17) is 14.9 Å². The van der Waals surface area contributed by atoms with Crippen molar-refractivity contribution >= 4 is 17.0 Å². The van der Waals surface area contributed by atoms with Crippen LogP contribution in [0.5, 0.6) is 5.75 Å². The van der Waals surface area contributed by atoms with Crippen LogP contribution in [0, 0.1) is 5.41 Å². The highest BCUT2D eigenvalue weighted by atomic mass is 32.2. The van der Waals surface area contributed by atoms with E-state index in [0.717, 1.165) is 17.1 Å². The SMILES string of the molecule is COc1ccc(C2CSC(=N)O2)cc1. The summed E-state index contributed by atoms with van der Waals surface area (Å²) >= 11 is 1.44. The van der Waals surface area contributed by atoms with Gasteiger partial charge < -0.3 is 9.47 Å². The van der Waals surface area contributed by atoms with Crippen molar-refractivity contribution < 1.29 is 9.47 Å². The molecule has 1 saturated heterocycles. The smallest absolute Gasteiger partial charge is 0.243 e. The van der Waals surface area contributed by atoms with Crippen LogP contribution in [-0.4, -0.2) is 18.1 Å². The molecular weight excluding hydrogens is 198 g/mol. The fourth-order valence-corrected chi connectivity index (χ4v) is 2.08. The number of ether oxygens (including phenoxy) is 2. The van der Waals surface area contributed by atoms with Gasteiger partial charge in [-0.3, -0.25) is 5.41 Å². The summed E-state index contributed by atoms with van der Waals surface area (Å²) in [4.78, 5) is 0. The molecule has 1 unspecified atom stereocenters. The topological polar surface area (TPSA) is 42.3 Å². The average molecular weight is 209 g/mol. The minimum absolute atomic E-state index is 0.0263. The van der Waals surface area contributed by atoms with Gasteiger partial charge in [-0.2, -0.15) is 0 Å². The second-order valence-corrected chi connectivity index (χ2v) is 3.97. The Hall–Kier alpha value is -1.16. The molecule has 0 saturated carbocycles. The number of hydrogen-bond acceptors (Lipinski definition) is 4. The van der Waals surface area contributed by atoms with Crippen LogP contribution >= 0.6 is 11.8 Å². The fourth-order valence-electron chi connectivity index (χ4n) is 1.33. The standard InChI is InChI=1S/C10H11NO2S/c1-12-8-4-2-7(3-5-8)9-6-14-10(11)13-9/h2-5,9,11H,6H2,1H3. The molecule has 0 aromatic heterocycles. The highest BCUT2D eigenvalue weighted by molar-refractivity contribution is 8.13. The van der Waals surface area contributed by atoms with Gasteiger partial charge in [0.05, 0.1) is 7.11 Å². The zero-order valence-electron chi connectivity index (χ0n) is 7.82. The van der Waals surface area contributed by atoms with Crippen molar-refractivity contribution in [2.45, 2.75) is 6.10 Å². The van der Waals surface area contributed by atoms with Gasteiger partial charge in [0.2, 0.25) is 5.23 Å². The van der Waals surface area contributed by atoms with Crippen LogP contribution < -0.4 is 4.74 Å². The van der Waals surface area contributed by atoms with Crippen molar-refractivity contribution in [3.8, 4) is 5.75 Å². The second kappa shape index (κ2) is 3.92. The Labute approximate surface area is 86.9 Å². The van der Waals surface area contributed by atoms with E-state index in [0.29, 0.717) is 5.23 Å². The number of hydrogen-bond donors (Lipinski definition) is 1. The third-order valence-electron chi connectivity index (χ3n) is 2.10. The van der Waals surface area contributed by atoms with E-state index in [2.05, 4.69) is 0 Å². The Morgan fingerprint density at radius 1 is 1.43 bits per heavy atom. The van der Waals surface area contributed by atoms with E-state index >= 15 is 0 Å². The van der Waals surface area contributed by atoms with Crippen LogP contribution in [0.1, 0.15) is 11.7 Å². The lowest BCUT2D eigenvalue weighted by molar-refractivity contribution is 0.234. The number of nitrogens with one attached hydrogen (secondary N) is 1. The molecule has 1 N–H and O–H groups in total. The Kier molecular flexibility index (Phi) is 2.63. The molecule has 0 radical (unpaired) electrons. The molecule has 1 aromatic carbocycles. The first kappa shape index (κ1) is 9.40. The van der Waals surface area contributed by atoms with Crippen molar-refractivity contribution in [3.63, 3.8) is 0 Å². The van der Waals surface area contributed by atoms with Gasteiger partial charge in [0.25, 0.3) is 0 Å². The Morgan fingerprint density at radius 3 is 2.64 bits per heavy atom. The minimum atomic E-state index is 0.0263. The van der Waals surface area contributed by atoms with Gasteiger partial charge in [-0.1, -0.05) is 23.9 Å². The van der Waals surface area contributed by atoms with Gasteiger partial charge in [-0.25, -0.2) is 0 Å². The second-order valence-electron chi connectivity index (χ2n) is 2.98.